The summed E-state index contributed by atoms with van der Waals surface area (Å²) in [4.78, 5) is 0. The van der Waals surface area contributed by atoms with E-state index < -0.39 is 0 Å². The third-order valence-corrected chi connectivity index (χ3v) is 3.24. The van der Waals surface area contributed by atoms with Gasteiger partial charge in [0.05, 0.1) is 25.0 Å². The largest absolute Gasteiger partial charge is 0.493 e. The molecule has 1 heterocycles. The molecule has 1 fully saturated rings. The minimum Gasteiger partial charge on any atom is -0.493 e. The quantitative estimate of drug-likeness (QED) is 0.564. The van der Waals surface area contributed by atoms with E-state index in [0.717, 1.165) is 17.4 Å². The number of ether oxygens (including phenoxy) is 1. The Morgan fingerprint density at radius 1 is 1.73 bits per heavy atom. The van der Waals surface area contributed by atoms with Gasteiger partial charge in [0.25, 0.3) is 0 Å². The van der Waals surface area contributed by atoms with E-state index >= 15 is 0 Å². The monoisotopic (exact) mass is 210 g/mol. The zero-order valence-electron chi connectivity index (χ0n) is 9.40. The molecule has 1 aliphatic rings. The number of nitrogens with two attached hydrogens (primary N) is 1. The number of hydrogen-bond donors (Lipinski definition) is 2. The Morgan fingerprint density at radius 2 is 2.40 bits per heavy atom. The van der Waals surface area contributed by atoms with Crippen molar-refractivity contribution in [2.24, 2.45) is 24.7 Å². The Balaban J connectivity index is 2.28. The lowest BCUT2D eigenvalue weighted by atomic mass is 10.1. The summed E-state index contributed by atoms with van der Waals surface area (Å²) in [5.74, 6) is 7.74. The zero-order valence-corrected chi connectivity index (χ0v) is 9.40. The molecule has 0 radical (unpaired) electrons. The first kappa shape index (κ1) is 10.4. The summed E-state index contributed by atoms with van der Waals surface area (Å²) in [7, 11) is 3.57. The summed E-state index contributed by atoms with van der Waals surface area (Å²) < 4.78 is 7.11. The van der Waals surface area contributed by atoms with Gasteiger partial charge in [-0.25, -0.2) is 0 Å². The molecule has 5 heteroatoms. The molecule has 3 N–H and O–H groups in total. The maximum Gasteiger partial charge on any atom is 0.161 e. The van der Waals surface area contributed by atoms with Crippen molar-refractivity contribution in [3.8, 4) is 5.75 Å². The number of methoxy groups -OCH3 is 1. The van der Waals surface area contributed by atoms with Gasteiger partial charge >= 0.3 is 0 Å². The average molecular weight is 210 g/mol. The molecule has 0 amide bonds. The lowest BCUT2D eigenvalue weighted by Crippen LogP contribution is -2.31. The van der Waals surface area contributed by atoms with Crippen LogP contribution in [0.3, 0.4) is 0 Å². The molecule has 84 valence electrons. The Hall–Kier alpha value is -1.07. The van der Waals surface area contributed by atoms with Gasteiger partial charge in [-0.3, -0.25) is 16.0 Å². The molecule has 0 saturated heterocycles. The van der Waals surface area contributed by atoms with E-state index in [4.69, 9.17) is 10.6 Å². The Bertz CT molecular complexity index is 349. The third kappa shape index (κ3) is 1.72. The van der Waals surface area contributed by atoms with Crippen LogP contribution in [-0.2, 0) is 7.05 Å². The van der Waals surface area contributed by atoms with Crippen LogP contribution in [0.1, 0.15) is 25.1 Å². The first-order valence-electron chi connectivity index (χ1n) is 5.21. The fourth-order valence-corrected chi connectivity index (χ4v) is 2.16. The first-order chi connectivity index (χ1) is 7.19. The van der Waals surface area contributed by atoms with Crippen molar-refractivity contribution in [3.63, 3.8) is 0 Å². The molecular formula is C10H18N4O. The van der Waals surface area contributed by atoms with Gasteiger partial charge in [0.1, 0.15) is 0 Å². The summed E-state index contributed by atoms with van der Waals surface area (Å²) in [5, 5.41) is 4.19. The summed E-state index contributed by atoms with van der Waals surface area (Å²) in [6.07, 6.45) is 2.94. The van der Waals surface area contributed by atoms with Crippen LogP contribution in [0.5, 0.6) is 5.75 Å². The van der Waals surface area contributed by atoms with E-state index in [2.05, 4.69) is 17.4 Å². The van der Waals surface area contributed by atoms with Crippen molar-refractivity contribution >= 4 is 0 Å². The predicted octanol–water partition coefficient (Wildman–Crippen LogP) is 0.589. The van der Waals surface area contributed by atoms with Gasteiger partial charge in [-0.2, -0.15) is 5.10 Å². The number of rotatable bonds is 4. The minimum absolute atomic E-state index is 0.141. The Kier molecular flexibility index (Phi) is 2.67. The number of hydrogen-bond acceptors (Lipinski definition) is 4. The summed E-state index contributed by atoms with van der Waals surface area (Å²) in [6.45, 7) is 2.23. The highest BCUT2D eigenvalue weighted by Gasteiger charge is 2.42. The molecule has 1 aromatic heterocycles. The predicted molar refractivity (Wildman–Crippen MR) is 57.1 cm³/mol. The van der Waals surface area contributed by atoms with Crippen LogP contribution in [0.25, 0.3) is 0 Å². The van der Waals surface area contributed by atoms with E-state index in [1.807, 2.05) is 11.7 Å². The SMILES string of the molecule is COc1cnn(C)c1C(NN)C1CC1C. The molecule has 1 saturated carbocycles. The van der Waals surface area contributed by atoms with Crippen LogP contribution in [0.15, 0.2) is 6.20 Å². The number of aryl methyl sites for hydroxylation is 1. The molecule has 2 rings (SSSR count). The number of nitrogens with one attached hydrogen (secondary N) is 1. The summed E-state index contributed by atoms with van der Waals surface area (Å²) in [5.41, 5.74) is 3.91. The fraction of sp³-hybridized carbons (Fsp3) is 0.700. The van der Waals surface area contributed by atoms with Gasteiger partial charge in [0.15, 0.2) is 5.75 Å². The summed E-state index contributed by atoms with van der Waals surface area (Å²) >= 11 is 0. The number of hydrazine groups is 1. The van der Waals surface area contributed by atoms with Gasteiger partial charge in [-0.1, -0.05) is 6.92 Å². The second-order valence-electron chi connectivity index (χ2n) is 4.24. The molecule has 3 atom stereocenters. The van der Waals surface area contributed by atoms with Crippen LogP contribution in [0.2, 0.25) is 0 Å². The van der Waals surface area contributed by atoms with Gasteiger partial charge in [0, 0.05) is 7.05 Å². The topological polar surface area (TPSA) is 65.1 Å². The van der Waals surface area contributed by atoms with Gasteiger partial charge in [0.2, 0.25) is 0 Å². The van der Waals surface area contributed by atoms with Crippen molar-refractivity contribution in [1.29, 1.82) is 0 Å². The molecule has 0 aromatic carbocycles. The molecule has 0 spiro atoms. The maximum atomic E-state index is 5.61. The zero-order chi connectivity index (χ0) is 11.0. The molecule has 15 heavy (non-hydrogen) atoms. The molecule has 1 aromatic rings. The molecular weight excluding hydrogens is 192 g/mol. The molecule has 3 unspecified atom stereocenters. The standard InChI is InChI=1S/C10H18N4O/c1-6-4-7(6)9(13-11)10-8(15-3)5-12-14(10)2/h5-7,9,13H,4,11H2,1-3H3. The van der Waals surface area contributed by atoms with Crippen molar-refractivity contribution in [1.82, 2.24) is 15.2 Å². The van der Waals surface area contributed by atoms with Gasteiger partial charge in [-0.15, -0.1) is 0 Å². The van der Waals surface area contributed by atoms with Crippen molar-refractivity contribution in [2.75, 3.05) is 7.11 Å². The van der Waals surface area contributed by atoms with Crippen LogP contribution >= 0.6 is 0 Å². The lowest BCUT2D eigenvalue weighted by molar-refractivity contribution is 0.380. The number of aromatic nitrogens is 2. The molecule has 5 nitrogen and oxygen atoms in total. The summed E-state index contributed by atoms with van der Waals surface area (Å²) in [6, 6.07) is 0.141. The van der Waals surface area contributed by atoms with Gasteiger partial charge in [-0.05, 0) is 18.3 Å². The number of nitrogens with zero attached hydrogens (tertiary/aromatic N) is 2. The Labute approximate surface area is 89.6 Å². The fourth-order valence-electron chi connectivity index (χ4n) is 2.16. The van der Waals surface area contributed by atoms with E-state index in [-0.39, 0.29) is 6.04 Å². The van der Waals surface area contributed by atoms with E-state index in [0.29, 0.717) is 5.92 Å². The molecule has 0 bridgehead atoms. The highest BCUT2D eigenvalue weighted by atomic mass is 16.5. The second kappa shape index (κ2) is 3.83. The highest BCUT2D eigenvalue weighted by Crippen LogP contribution is 2.48. The van der Waals surface area contributed by atoms with Crippen molar-refractivity contribution in [3.05, 3.63) is 11.9 Å². The van der Waals surface area contributed by atoms with Crippen molar-refractivity contribution < 1.29 is 4.74 Å². The average Bonchev–Trinajstić information content (AvgIpc) is 2.82. The maximum absolute atomic E-state index is 5.61. The van der Waals surface area contributed by atoms with Gasteiger partial charge < -0.3 is 4.74 Å². The molecule has 0 aliphatic heterocycles. The lowest BCUT2D eigenvalue weighted by Gasteiger charge is -2.17. The van der Waals surface area contributed by atoms with E-state index in [1.54, 1.807) is 13.3 Å². The third-order valence-electron chi connectivity index (χ3n) is 3.24. The Morgan fingerprint density at radius 3 is 2.87 bits per heavy atom. The van der Waals surface area contributed by atoms with Crippen LogP contribution < -0.4 is 16.0 Å². The second-order valence-corrected chi connectivity index (χ2v) is 4.24. The molecule has 1 aliphatic carbocycles. The minimum atomic E-state index is 0.141. The first-order valence-corrected chi connectivity index (χ1v) is 5.21. The van der Waals surface area contributed by atoms with Crippen LogP contribution in [0.4, 0.5) is 0 Å². The van der Waals surface area contributed by atoms with E-state index in [9.17, 15) is 0 Å². The smallest absolute Gasteiger partial charge is 0.161 e. The van der Waals surface area contributed by atoms with Crippen LogP contribution in [0, 0.1) is 11.8 Å². The normalized spacial score (nSPS) is 26.4. The van der Waals surface area contributed by atoms with E-state index in [1.165, 1.54) is 6.42 Å². The van der Waals surface area contributed by atoms with Crippen molar-refractivity contribution in [2.45, 2.75) is 19.4 Å². The van der Waals surface area contributed by atoms with Crippen LogP contribution in [-0.4, -0.2) is 16.9 Å². The highest BCUT2D eigenvalue weighted by molar-refractivity contribution is 5.29.